The van der Waals surface area contributed by atoms with Gasteiger partial charge in [0.25, 0.3) is 0 Å². The predicted octanol–water partition coefficient (Wildman–Crippen LogP) is 8.84. The lowest BCUT2D eigenvalue weighted by atomic mass is 10.0. The molecular weight excluding hydrogens is 806 g/mol. The van der Waals surface area contributed by atoms with E-state index in [1.54, 1.807) is 0 Å². The lowest BCUT2D eigenvalue weighted by Crippen LogP contribution is -2.30. The second-order valence-electron chi connectivity index (χ2n) is 15.0. The standard InChI is InChI=1S/C42H78O15P2/c1-3-5-7-9-11-12-13-14-15-16-17-18-19-23-27-31-41(46)53-35-38(36-56-59(51,52)55-34-37(43)33-54-58(48,49)50)57-42(47)32-28-24-20-22-26-30-40(45)39(44)29-25-21-10-8-6-4-2/h12-15,21,25,37-40,43-45H,3-11,16-20,22-24,26-36H2,1-2H3,(H,51,52)(H2,48,49,50)/b13-12-,15-14-,25-21-/t37-,38+,39-,40-/m0/s1. The van der Waals surface area contributed by atoms with Gasteiger partial charge in [0.15, 0.2) is 6.10 Å². The molecule has 0 aliphatic heterocycles. The molecule has 17 heteroatoms. The fraction of sp³-hybridized carbons (Fsp3) is 0.810. The molecule has 0 heterocycles. The minimum atomic E-state index is -4.88. The average molecular weight is 885 g/mol. The Balaban J connectivity index is 4.67. The van der Waals surface area contributed by atoms with Gasteiger partial charge in [-0.25, -0.2) is 9.13 Å². The predicted molar refractivity (Wildman–Crippen MR) is 228 cm³/mol. The minimum Gasteiger partial charge on any atom is -0.462 e. The number of unbranched alkanes of at least 4 members (excludes halogenated alkanes) is 16. The topological polar surface area (TPSA) is 236 Å². The van der Waals surface area contributed by atoms with Gasteiger partial charge in [0, 0.05) is 12.8 Å². The number of hydrogen-bond acceptors (Lipinski definition) is 12. The molecule has 0 bridgehead atoms. The van der Waals surface area contributed by atoms with Gasteiger partial charge in [-0.2, -0.15) is 0 Å². The first-order valence-corrected chi connectivity index (χ1v) is 24.9. The summed E-state index contributed by atoms with van der Waals surface area (Å²) in [4.78, 5) is 52.7. The van der Waals surface area contributed by atoms with E-state index in [1.807, 2.05) is 12.2 Å². The summed E-state index contributed by atoms with van der Waals surface area (Å²) in [6.07, 6.45) is 28.7. The Morgan fingerprint density at radius 3 is 1.66 bits per heavy atom. The quantitative estimate of drug-likeness (QED) is 0.0111. The van der Waals surface area contributed by atoms with Crippen LogP contribution in [0.2, 0.25) is 0 Å². The lowest BCUT2D eigenvalue weighted by Gasteiger charge is -2.20. The molecule has 0 spiro atoms. The first kappa shape index (κ1) is 57.3. The molecule has 0 amide bonds. The average Bonchev–Trinajstić information content (AvgIpc) is 3.19. The van der Waals surface area contributed by atoms with Crippen molar-refractivity contribution >= 4 is 27.6 Å². The van der Waals surface area contributed by atoms with E-state index in [4.69, 9.17) is 23.8 Å². The van der Waals surface area contributed by atoms with Crippen LogP contribution in [0.1, 0.15) is 168 Å². The molecule has 0 aromatic rings. The number of ether oxygens (including phenoxy) is 2. The highest BCUT2D eigenvalue weighted by Crippen LogP contribution is 2.43. The molecule has 346 valence electrons. The van der Waals surface area contributed by atoms with Gasteiger partial charge in [-0.1, -0.05) is 127 Å². The number of allylic oxidation sites excluding steroid dienone is 5. The maximum Gasteiger partial charge on any atom is 0.472 e. The lowest BCUT2D eigenvalue weighted by molar-refractivity contribution is -0.161. The zero-order chi connectivity index (χ0) is 44.0. The van der Waals surface area contributed by atoms with Crippen molar-refractivity contribution in [1.82, 2.24) is 0 Å². The van der Waals surface area contributed by atoms with Gasteiger partial charge < -0.3 is 39.5 Å². The molecule has 0 saturated heterocycles. The van der Waals surface area contributed by atoms with Crippen LogP contribution >= 0.6 is 15.6 Å². The largest absolute Gasteiger partial charge is 0.472 e. The zero-order valence-corrected chi connectivity index (χ0v) is 37.6. The van der Waals surface area contributed by atoms with Crippen LogP contribution in [0.4, 0.5) is 0 Å². The number of phosphoric ester groups is 2. The monoisotopic (exact) mass is 884 g/mol. The summed E-state index contributed by atoms with van der Waals surface area (Å²) in [6.45, 7) is 1.48. The molecule has 0 rings (SSSR count). The molecule has 5 atom stereocenters. The third kappa shape index (κ3) is 40.1. The molecule has 15 nitrogen and oxygen atoms in total. The van der Waals surface area contributed by atoms with Crippen LogP contribution in [0.25, 0.3) is 0 Å². The van der Waals surface area contributed by atoms with E-state index in [9.17, 15) is 38.9 Å². The number of hydrogen-bond donors (Lipinski definition) is 6. The van der Waals surface area contributed by atoms with E-state index in [0.717, 1.165) is 77.0 Å². The van der Waals surface area contributed by atoms with Crippen LogP contribution in [0.3, 0.4) is 0 Å². The van der Waals surface area contributed by atoms with Crippen LogP contribution < -0.4 is 0 Å². The summed E-state index contributed by atoms with van der Waals surface area (Å²) in [5.74, 6) is -1.16. The molecule has 0 aromatic carbocycles. The van der Waals surface area contributed by atoms with Crippen LogP contribution in [-0.4, -0.2) is 92.8 Å². The SMILES string of the molecule is CCCCC/C=C\C[C@H](O)[C@@H](O)CCCCCCCC(=O)O[C@H](COC(=O)CCCCCCC/C=C\C=C/CCCCCC)COP(=O)(O)OC[C@@H](O)COP(=O)(O)O. The summed E-state index contributed by atoms with van der Waals surface area (Å²) in [5.41, 5.74) is 0. The Kier molecular flexibility index (Phi) is 36.9. The van der Waals surface area contributed by atoms with Gasteiger partial charge in [-0.15, -0.1) is 0 Å². The van der Waals surface area contributed by atoms with Crippen LogP contribution in [0, 0.1) is 0 Å². The fourth-order valence-electron chi connectivity index (χ4n) is 5.71. The van der Waals surface area contributed by atoms with E-state index in [1.165, 1.54) is 32.1 Å². The maximum atomic E-state index is 12.7. The van der Waals surface area contributed by atoms with Gasteiger partial charge in [0.05, 0.1) is 32.0 Å². The molecule has 0 saturated carbocycles. The molecule has 59 heavy (non-hydrogen) atoms. The summed E-state index contributed by atoms with van der Waals surface area (Å²) in [7, 11) is -9.73. The Morgan fingerprint density at radius 2 is 1.03 bits per heavy atom. The number of aliphatic hydroxyl groups is 3. The number of carbonyl (C=O) groups excluding carboxylic acids is 2. The molecule has 1 unspecified atom stereocenters. The van der Waals surface area contributed by atoms with Crippen LogP contribution in [0.5, 0.6) is 0 Å². The van der Waals surface area contributed by atoms with Crippen molar-refractivity contribution in [2.75, 3.05) is 26.4 Å². The molecule has 0 aliphatic rings. The molecular formula is C42H78O15P2. The molecule has 0 fully saturated rings. The Morgan fingerprint density at radius 1 is 0.542 bits per heavy atom. The zero-order valence-electron chi connectivity index (χ0n) is 35.8. The van der Waals surface area contributed by atoms with Crippen molar-refractivity contribution < 1.29 is 71.8 Å². The minimum absolute atomic E-state index is 0.0288. The third-order valence-electron chi connectivity index (χ3n) is 9.22. The van der Waals surface area contributed by atoms with E-state index in [-0.39, 0.29) is 12.8 Å². The van der Waals surface area contributed by atoms with Crippen molar-refractivity contribution in [2.24, 2.45) is 0 Å². The van der Waals surface area contributed by atoms with Crippen molar-refractivity contribution in [2.45, 2.75) is 192 Å². The maximum absolute atomic E-state index is 12.7. The van der Waals surface area contributed by atoms with Gasteiger partial charge in [0.2, 0.25) is 0 Å². The number of aliphatic hydroxyl groups excluding tert-OH is 3. The first-order chi connectivity index (χ1) is 28.2. The number of rotatable bonds is 41. The van der Waals surface area contributed by atoms with Gasteiger partial charge in [-0.3, -0.25) is 23.2 Å². The third-order valence-corrected chi connectivity index (χ3v) is 10.7. The number of esters is 2. The first-order valence-electron chi connectivity index (χ1n) is 21.9. The second-order valence-corrected chi connectivity index (χ2v) is 17.6. The van der Waals surface area contributed by atoms with E-state index in [2.05, 4.69) is 47.2 Å². The highest BCUT2D eigenvalue weighted by Gasteiger charge is 2.28. The Bertz CT molecular complexity index is 1220. The van der Waals surface area contributed by atoms with Crippen LogP contribution in [0.15, 0.2) is 36.5 Å². The van der Waals surface area contributed by atoms with Gasteiger partial charge in [0.1, 0.15) is 12.7 Å². The van der Waals surface area contributed by atoms with E-state index >= 15 is 0 Å². The molecule has 0 aliphatic carbocycles. The molecule has 6 N–H and O–H groups in total. The molecule has 0 radical (unpaired) electrons. The second kappa shape index (κ2) is 38.0. The number of carbonyl (C=O) groups is 2. The fourth-order valence-corrected chi connectivity index (χ4v) is 6.87. The van der Waals surface area contributed by atoms with E-state index < -0.39 is 78.4 Å². The Labute approximate surface area is 353 Å². The summed E-state index contributed by atoms with van der Waals surface area (Å²) < 4.78 is 47.6. The number of phosphoric acid groups is 2. The summed E-state index contributed by atoms with van der Waals surface area (Å²) >= 11 is 0. The highest BCUT2D eigenvalue weighted by molar-refractivity contribution is 7.47. The van der Waals surface area contributed by atoms with Crippen molar-refractivity contribution in [1.29, 1.82) is 0 Å². The van der Waals surface area contributed by atoms with Crippen molar-refractivity contribution in [3.8, 4) is 0 Å². The normalized spacial score (nSPS) is 15.5. The van der Waals surface area contributed by atoms with Crippen molar-refractivity contribution in [3.05, 3.63) is 36.5 Å². The summed E-state index contributed by atoms with van der Waals surface area (Å²) in [5, 5.41) is 30.2. The van der Waals surface area contributed by atoms with Gasteiger partial charge >= 0.3 is 27.6 Å². The molecule has 0 aromatic heterocycles. The van der Waals surface area contributed by atoms with Crippen molar-refractivity contribution in [3.63, 3.8) is 0 Å². The van der Waals surface area contributed by atoms with Crippen LogP contribution in [-0.2, 0) is 41.8 Å². The smallest absolute Gasteiger partial charge is 0.462 e. The van der Waals surface area contributed by atoms with E-state index in [0.29, 0.717) is 32.1 Å². The summed E-state index contributed by atoms with van der Waals surface area (Å²) in [6, 6.07) is 0. The Hall–Kier alpha value is -1.74. The van der Waals surface area contributed by atoms with Gasteiger partial charge in [-0.05, 0) is 64.2 Å². The highest BCUT2D eigenvalue weighted by atomic mass is 31.2.